The summed E-state index contributed by atoms with van der Waals surface area (Å²) in [4.78, 5) is 0. The Labute approximate surface area is 56.5 Å². The summed E-state index contributed by atoms with van der Waals surface area (Å²) in [5.74, 6) is 0.542. The second-order valence-corrected chi connectivity index (χ2v) is 2.18. The van der Waals surface area contributed by atoms with Crippen molar-refractivity contribution in [3.63, 3.8) is 0 Å². The third-order valence-corrected chi connectivity index (χ3v) is 1.32. The fourth-order valence-electron chi connectivity index (χ4n) is 0.181. The first-order valence-electron chi connectivity index (χ1n) is 2.46. The second kappa shape index (κ2) is 7.64. The molecule has 0 bridgehead atoms. The fourth-order valence-corrected chi connectivity index (χ4v) is 0.774. The standard InChI is InChI=1S/C4H10ClO2P/c1-2-6-8-7-4-3-5/h8H,2-4H2,1H3. The summed E-state index contributed by atoms with van der Waals surface area (Å²) < 4.78 is 9.78. The van der Waals surface area contributed by atoms with E-state index in [1.165, 1.54) is 0 Å². The van der Waals surface area contributed by atoms with Crippen molar-refractivity contribution >= 4 is 20.6 Å². The van der Waals surface area contributed by atoms with Crippen molar-refractivity contribution in [2.75, 3.05) is 19.1 Å². The van der Waals surface area contributed by atoms with Crippen molar-refractivity contribution in [3.8, 4) is 0 Å². The zero-order valence-electron chi connectivity index (χ0n) is 4.82. The predicted octanol–water partition coefficient (Wildman–Crippen LogP) is 1.79. The molecule has 1 atom stereocenters. The van der Waals surface area contributed by atoms with Gasteiger partial charge in [0.25, 0.3) is 0 Å². The van der Waals surface area contributed by atoms with Crippen LogP contribution in [0.1, 0.15) is 6.92 Å². The summed E-state index contributed by atoms with van der Waals surface area (Å²) >= 11 is 5.30. The summed E-state index contributed by atoms with van der Waals surface area (Å²) in [6, 6.07) is 0. The maximum absolute atomic E-state index is 5.30. The summed E-state index contributed by atoms with van der Waals surface area (Å²) in [7, 11) is 0.155. The molecule has 0 amide bonds. The van der Waals surface area contributed by atoms with Crippen LogP contribution in [0.3, 0.4) is 0 Å². The summed E-state index contributed by atoms with van der Waals surface area (Å²) in [5, 5.41) is 0. The molecule has 1 unspecified atom stereocenters. The van der Waals surface area contributed by atoms with Gasteiger partial charge in [-0.2, -0.15) is 0 Å². The van der Waals surface area contributed by atoms with Gasteiger partial charge in [0.2, 0.25) is 0 Å². The van der Waals surface area contributed by atoms with Gasteiger partial charge in [0.05, 0.1) is 13.2 Å². The molecule has 0 aromatic carbocycles. The molecule has 0 aliphatic heterocycles. The van der Waals surface area contributed by atoms with E-state index in [1.54, 1.807) is 0 Å². The molecule has 0 aliphatic rings. The Balaban J connectivity index is 2.53. The average Bonchev–Trinajstić information content (AvgIpc) is 1.81. The third-order valence-electron chi connectivity index (χ3n) is 0.441. The topological polar surface area (TPSA) is 18.5 Å². The summed E-state index contributed by atoms with van der Waals surface area (Å²) in [6.07, 6.45) is 0. The van der Waals surface area contributed by atoms with Crippen LogP contribution in [-0.2, 0) is 9.05 Å². The summed E-state index contributed by atoms with van der Waals surface area (Å²) in [5.41, 5.74) is 0. The average molecular weight is 157 g/mol. The van der Waals surface area contributed by atoms with Crippen LogP contribution in [0.15, 0.2) is 0 Å². The highest BCUT2D eigenvalue weighted by Crippen LogP contribution is 2.11. The second-order valence-electron chi connectivity index (χ2n) is 1.05. The predicted molar refractivity (Wildman–Crippen MR) is 36.6 cm³/mol. The first-order valence-corrected chi connectivity index (χ1v) is 3.81. The molecule has 0 spiro atoms. The van der Waals surface area contributed by atoms with Gasteiger partial charge in [-0.3, -0.25) is 0 Å². The molecule has 8 heavy (non-hydrogen) atoms. The molecule has 0 rings (SSSR count). The molecular formula is C4H10ClO2P. The maximum atomic E-state index is 5.30. The highest BCUT2D eigenvalue weighted by molar-refractivity contribution is 7.26. The normalized spacial score (nSPS) is 11.2. The van der Waals surface area contributed by atoms with E-state index in [0.717, 1.165) is 0 Å². The lowest BCUT2D eigenvalue weighted by Crippen LogP contribution is -1.85. The molecule has 0 aliphatic carbocycles. The number of hydrogen-bond acceptors (Lipinski definition) is 2. The SMILES string of the molecule is CCOPOCCCl. The molecule has 2 nitrogen and oxygen atoms in total. The molecular weight excluding hydrogens is 146 g/mol. The Bertz CT molecular complexity index is 39.0. The van der Waals surface area contributed by atoms with Crippen LogP contribution in [0.2, 0.25) is 0 Å². The van der Waals surface area contributed by atoms with E-state index in [-0.39, 0.29) is 9.03 Å². The Morgan fingerprint density at radius 1 is 1.50 bits per heavy atom. The lowest BCUT2D eigenvalue weighted by atomic mass is 10.9. The van der Waals surface area contributed by atoms with Gasteiger partial charge in [0, 0.05) is 5.88 Å². The molecule has 0 saturated carbocycles. The van der Waals surface area contributed by atoms with Crippen molar-refractivity contribution in [2.24, 2.45) is 0 Å². The first-order chi connectivity index (χ1) is 3.91. The largest absolute Gasteiger partial charge is 0.337 e. The molecule has 4 heteroatoms. The van der Waals surface area contributed by atoms with Gasteiger partial charge >= 0.3 is 0 Å². The Kier molecular flexibility index (Phi) is 8.25. The number of hydrogen-bond donors (Lipinski definition) is 0. The Morgan fingerprint density at radius 3 is 2.75 bits per heavy atom. The smallest absolute Gasteiger partial charge is 0.155 e. The molecule has 50 valence electrons. The molecule has 0 saturated heterocycles. The third kappa shape index (κ3) is 6.64. The number of rotatable bonds is 5. The quantitative estimate of drug-likeness (QED) is 0.343. The van der Waals surface area contributed by atoms with Crippen LogP contribution >= 0.6 is 20.6 Å². The minimum Gasteiger partial charge on any atom is -0.337 e. The Hall–Kier alpha value is 0.640. The van der Waals surface area contributed by atoms with Gasteiger partial charge in [0.15, 0.2) is 9.03 Å². The molecule has 0 aromatic heterocycles. The van der Waals surface area contributed by atoms with Gasteiger partial charge < -0.3 is 9.05 Å². The van der Waals surface area contributed by atoms with E-state index in [9.17, 15) is 0 Å². The van der Waals surface area contributed by atoms with E-state index in [2.05, 4.69) is 0 Å². The molecule has 0 N–H and O–H groups in total. The van der Waals surface area contributed by atoms with Gasteiger partial charge in [-0.1, -0.05) is 0 Å². The summed E-state index contributed by atoms with van der Waals surface area (Å²) in [6.45, 7) is 3.22. The Morgan fingerprint density at radius 2 is 2.25 bits per heavy atom. The monoisotopic (exact) mass is 156 g/mol. The first kappa shape index (κ1) is 8.64. The van der Waals surface area contributed by atoms with Crippen molar-refractivity contribution in [1.29, 1.82) is 0 Å². The van der Waals surface area contributed by atoms with Crippen LogP contribution in [0.5, 0.6) is 0 Å². The molecule has 0 aromatic rings. The highest BCUT2D eigenvalue weighted by atomic mass is 35.5. The van der Waals surface area contributed by atoms with Crippen LogP contribution in [-0.4, -0.2) is 19.1 Å². The molecule has 0 fully saturated rings. The van der Waals surface area contributed by atoms with Crippen molar-refractivity contribution in [3.05, 3.63) is 0 Å². The van der Waals surface area contributed by atoms with E-state index >= 15 is 0 Å². The van der Waals surface area contributed by atoms with E-state index in [1.807, 2.05) is 6.92 Å². The van der Waals surface area contributed by atoms with Crippen LogP contribution in [0.25, 0.3) is 0 Å². The number of alkyl halides is 1. The minimum absolute atomic E-state index is 0.155. The fraction of sp³-hybridized carbons (Fsp3) is 1.00. The highest BCUT2D eigenvalue weighted by Gasteiger charge is 1.82. The minimum atomic E-state index is 0.155. The lowest BCUT2D eigenvalue weighted by Gasteiger charge is -1.97. The van der Waals surface area contributed by atoms with Gasteiger partial charge in [-0.25, -0.2) is 0 Å². The van der Waals surface area contributed by atoms with Gasteiger partial charge in [-0.05, 0) is 6.92 Å². The number of halogens is 1. The molecule has 0 radical (unpaired) electrons. The van der Waals surface area contributed by atoms with Crippen LogP contribution in [0, 0.1) is 0 Å². The zero-order valence-corrected chi connectivity index (χ0v) is 6.57. The van der Waals surface area contributed by atoms with Crippen LogP contribution < -0.4 is 0 Å². The van der Waals surface area contributed by atoms with Crippen molar-refractivity contribution < 1.29 is 9.05 Å². The van der Waals surface area contributed by atoms with Gasteiger partial charge in [-0.15, -0.1) is 11.6 Å². The van der Waals surface area contributed by atoms with E-state index < -0.39 is 0 Å². The lowest BCUT2D eigenvalue weighted by molar-refractivity contribution is 0.289. The van der Waals surface area contributed by atoms with E-state index in [0.29, 0.717) is 19.1 Å². The van der Waals surface area contributed by atoms with Crippen molar-refractivity contribution in [1.82, 2.24) is 0 Å². The van der Waals surface area contributed by atoms with Gasteiger partial charge in [0.1, 0.15) is 0 Å². The molecule has 0 heterocycles. The van der Waals surface area contributed by atoms with E-state index in [4.69, 9.17) is 20.6 Å². The maximum Gasteiger partial charge on any atom is 0.155 e. The van der Waals surface area contributed by atoms with Crippen LogP contribution in [0.4, 0.5) is 0 Å². The van der Waals surface area contributed by atoms with Crippen molar-refractivity contribution in [2.45, 2.75) is 6.92 Å². The zero-order chi connectivity index (χ0) is 6.24.